The first-order chi connectivity index (χ1) is 19.4. The molecule has 206 valence electrons. The molecule has 40 heavy (non-hydrogen) atoms. The summed E-state index contributed by atoms with van der Waals surface area (Å²) in [5, 5.41) is 30.7. The summed E-state index contributed by atoms with van der Waals surface area (Å²) in [6.07, 6.45) is 4.98. The van der Waals surface area contributed by atoms with Crippen LogP contribution in [-0.2, 0) is 18.4 Å². The van der Waals surface area contributed by atoms with Gasteiger partial charge in [-0.15, -0.1) is 11.3 Å². The van der Waals surface area contributed by atoms with E-state index in [-0.39, 0.29) is 17.0 Å². The fraction of sp³-hybridized carbons (Fsp3) is 0.519. The second kappa shape index (κ2) is 9.32. The van der Waals surface area contributed by atoms with E-state index in [1.165, 1.54) is 16.2 Å². The number of nitrogens with zero attached hydrogens (tertiary/aromatic N) is 7. The third kappa shape index (κ3) is 3.87. The first-order valence-electron chi connectivity index (χ1n) is 13.6. The molecular weight excluding hydrogens is 531 g/mol. The highest BCUT2D eigenvalue weighted by Crippen LogP contribution is 2.53. The minimum Gasteiger partial charge on any atom is -0.461 e. The van der Waals surface area contributed by atoms with Crippen molar-refractivity contribution in [2.45, 2.75) is 55.8 Å². The van der Waals surface area contributed by atoms with E-state index >= 15 is 0 Å². The van der Waals surface area contributed by atoms with Gasteiger partial charge in [-0.2, -0.15) is 25.6 Å². The van der Waals surface area contributed by atoms with E-state index < -0.39 is 6.17 Å². The number of alkyl halides is 1. The number of halogens is 1. The number of ether oxygens (including phenoxy) is 1. The van der Waals surface area contributed by atoms with Crippen LogP contribution in [0.3, 0.4) is 0 Å². The molecule has 0 saturated carbocycles. The van der Waals surface area contributed by atoms with E-state index in [9.17, 15) is 14.9 Å². The first-order valence-corrected chi connectivity index (χ1v) is 14.4. The largest absolute Gasteiger partial charge is 0.461 e. The molecule has 2 atom stereocenters. The summed E-state index contributed by atoms with van der Waals surface area (Å²) in [5.41, 5.74) is 8.47. The molecule has 3 aromatic heterocycles. The minimum atomic E-state index is -0.856. The summed E-state index contributed by atoms with van der Waals surface area (Å²) >= 11 is 1.51. The van der Waals surface area contributed by atoms with Crippen LogP contribution in [0.4, 0.5) is 21.0 Å². The van der Waals surface area contributed by atoms with Gasteiger partial charge >= 0.3 is 6.01 Å². The highest BCUT2D eigenvalue weighted by Gasteiger charge is 2.53. The number of hydrogen-bond donors (Lipinski definition) is 3. The lowest BCUT2D eigenvalue weighted by Crippen LogP contribution is -2.59. The van der Waals surface area contributed by atoms with Crippen molar-refractivity contribution in [2.75, 3.05) is 48.7 Å². The number of anilines is 3. The Hall–Kier alpha value is -3.94. The zero-order valence-corrected chi connectivity index (χ0v) is 22.7. The van der Waals surface area contributed by atoms with Gasteiger partial charge in [0.15, 0.2) is 11.6 Å². The molecule has 3 saturated heterocycles. The van der Waals surface area contributed by atoms with Gasteiger partial charge in [0.2, 0.25) is 0 Å². The normalized spacial score (nSPS) is 24.4. The lowest BCUT2D eigenvalue weighted by molar-refractivity contribution is 0.107. The number of fused-ring (bicyclic) bond motifs is 3. The van der Waals surface area contributed by atoms with Crippen LogP contribution in [0.15, 0.2) is 12.3 Å². The fourth-order valence-electron chi connectivity index (χ4n) is 7.14. The lowest BCUT2D eigenvalue weighted by Gasteiger charge is -2.49. The van der Waals surface area contributed by atoms with Crippen LogP contribution >= 0.6 is 11.3 Å². The predicted octanol–water partition coefficient (Wildman–Crippen LogP) is 2.86. The van der Waals surface area contributed by atoms with E-state index in [1.807, 2.05) is 6.07 Å². The summed E-state index contributed by atoms with van der Waals surface area (Å²) in [7, 11) is 0. The number of H-pyrrole nitrogens is 1. The van der Waals surface area contributed by atoms with Crippen LogP contribution in [0.2, 0.25) is 0 Å². The van der Waals surface area contributed by atoms with Crippen molar-refractivity contribution in [1.29, 1.82) is 10.5 Å². The number of thiophene rings is 1. The Morgan fingerprint density at radius 3 is 2.88 bits per heavy atom. The number of nitriles is 2. The number of hydrogen-bond acceptors (Lipinski definition) is 11. The van der Waals surface area contributed by atoms with Crippen molar-refractivity contribution >= 4 is 28.0 Å². The molecule has 0 aromatic carbocycles. The zero-order valence-electron chi connectivity index (χ0n) is 21.9. The van der Waals surface area contributed by atoms with Crippen molar-refractivity contribution in [3.8, 4) is 18.1 Å². The van der Waals surface area contributed by atoms with Crippen LogP contribution in [0.5, 0.6) is 6.01 Å². The molecule has 7 rings (SSSR count). The molecule has 13 heteroatoms. The van der Waals surface area contributed by atoms with Crippen molar-refractivity contribution in [1.82, 2.24) is 25.1 Å². The van der Waals surface area contributed by atoms with Gasteiger partial charge in [0.25, 0.3) is 0 Å². The molecule has 3 aliphatic heterocycles. The zero-order chi connectivity index (χ0) is 27.5. The summed E-state index contributed by atoms with van der Waals surface area (Å²) < 4.78 is 20.5. The fourth-order valence-corrected chi connectivity index (χ4v) is 8.28. The molecule has 3 fully saturated rings. The van der Waals surface area contributed by atoms with Crippen LogP contribution in [0.25, 0.3) is 0 Å². The van der Waals surface area contributed by atoms with Gasteiger partial charge in [-0.1, -0.05) is 0 Å². The quantitative estimate of drug-likeness (QED) is 0.393. The summed E-state index contributed by atoms with van der Waals surface area (Å²) in [6.45, 7) is 3.24. The van der Waals surface area contributed by atoms with Gasteiger partial charge < -0.3 is 20.7 Å². The van der Waals surface area contributed by atoms with Gasteiger partial charge in [-0.25, -0.2) is 4.39 Å². The van der Waals surface area contributed by atoms with Gasteiger partial charge in [0.1, 0.15) is 35.5 Å². The summed E-state index contributed by atoms with van der Waals surface area (Å²) in [5.74, 6) is 0.870. The van der Waals surface area contributed by atoms with Gasteiger partial charge in [-0.05, 0) is 43.9 Å². The lowest BCUT2D eigenvalue weighted by atomic mass is 9.74. The number of aryl methyl sites for hydroxylation is 1. The SMILES string of the molecule is N#Cc1c(NCc2ccn[nH]2)nc(OC[C@@]23CCCN2C[C@H](F)C3)nc1N1CC2(CCc3sc(N)c(C#N)c32)C1. The minimum absolute atomic E-state index is 0.162. The second-order valence-corrected chi connectivity index (χ2v) is 12.5. The number of nitrogens with two attached hydrogens (primary N) is 1. The average Bonchev–Trinajstić information content (AvgIpc) is 3.72. The molecule has 3 aromatic rings. The Morgan fingerprint density at radius 2 is 2.10 bits per heavy atom. The van der Waals surface area contributed by atoms with E-state index in [0.29, 0.717) is 67.0 Å². The number of nitrogens with one attached hydrogen (secondary N) is 2. The summed E-state index contributed by atoms with van der Waals surface area (Å²) in [6, 6.07) is 6.61. The molecule has 1 spiro atoms. The molecule has 4 N–H and O–H groups in total. The second-order valence-electron chi connectivity index (χ2n) is 11.4. The van der Waals surface area contributed by atoms with Crippen molar-refractivity contribution in [3.05, 3.63) is 39.5 Å². The van der Waals surface area contributed by atoms with Crippen LogP contribution in [-0.4, -0.2) is 69.6 Å². The maximum atomic E-state index is 14.3. The van der Waals surface area contributed by atoms with Crippen molar-refractivity contribution < 1.29 is 9.13 Å². The monoisotopic (exact) mass is 560 g/mol. The number of rotatable bonds is 7. The molecule has 0 amide bonds. The molecule has 6 heterocycles. The topological polar surface area (TPSA) is 156 Å². The molecule has 11 nitrogen and oxygen atoms in total. The van der Waals surface area contributed by atoms with E-state index in [1.54, 1.807) is 6.20 Å². The van der Waals surface area contributed by atoms with E-state index in [4.69, 9.17) is 15.5 Å². The maximum Gasteiger partial charge on any atom is 0.320 e. The Bertz CT molecular complexity index is 1540. The Labute approximate surface area is 234 Å². The third-order valence-corrected chi connectivity index (χ3v) is 10.1. The standard InChI is InChI=1S/C27H29FN10OS/c28-16-8-27(4-1-7-38(27)12-16)15-39-25-34-23(32-11-17-3-6-33-36-17)19(10-30)24(35-25)37-13-26(14-37)5-2-20-21(26)18(9-29)22(31)40-20/h3,6,16H,1-2,4-5,7-8,11-15,31H2,(H,33,36)(H,32,34,35)/t16-,27+/m1/s1. The van der Waals surface area contributed by atoms with Crippen molar-refractivity contribution in [2.24, 2.45) is 0 Å². The van der Waals surface area contributed by atoms with Gasteiger partial charge in [0.05, 0.1) is 23.3 Å². The van der Waals surface area contributed by atoms with E-state index in [0.717, 1.165) is 43.5 Å². The first kappa shape index (κ1) is 25.1. The number of nitrogen functional groups attached to an aromatic ring is 1. The molecule has 4 aliphatic rings. The van der Waals surface area contributed by atoms with Crippen molar-refractivity contribution in [3.63, 3.8) is 0 Å². The van der Waals surface area contributed by atoms with Crippen LogP contribution in [0, 0.1) is 22.7 Å². The molecule has 0 unspecified atom stereocenters. The third-order valence-electron chi connectivity index (χ3n) is 8.98. The maximum absolute atomic E-state index is 14.3. The molecule has 0 radical (unpaired) electrons. The summed E-state index contributed by atoms with van der Waals surface area (Å²) in [4.78, 5) is 14.8. The van der Waals surface area contributed by atoms with Gasteiger partial charge in [-0.3, -0.25) is 10.00 Å². The number of aromatic amines is 1. The predicted molar refractivity (Wildman–Crippen MR) is 147 cm³/mol. The Kier molecular flexibility index (Phi) is 5.84. The highest BCUT2D eigenvalue weighted by atomic mass is 32.1. The van der Waals surface area contributed by atoms with E-state index in [2.05, 4.69) is 42.4 Å². The van der Waals surface area contributed by atoms with Crippen LogP contribution < -0.4 is 20.7 Å². The smallest absolute Gasteiger partial charge is 0.320 e. The Morgan fingerprint density at radius 1 is 1.25 bits per heavy atom. The molecular formula is C27H29FN10OS. The Balaban J connectivity index is 1.19. The van der Waals surface area contributed by atoms with Gasteiger partial charge in [0, 0.05) is 42.5 Å². The van der Waals surface area contributed by atoms with Crippen LogP contribution in [0.1, 0.15) is 52.9 Å². The molecule has 1 aliphatic carbocycles. The molecule has 0 bridgehead atoms. The number of aromatic nitrogens is 4. The average molecular weight is 561 g/mol. The highest BCUT2D eigenvalue weighted by molar-refractivity contribution is 7.16.